The third kappa shape index (κ3) is 1.31. The van der Waals surface area contributed by atoms with Crippen LogP contribution in [0.1, 0.15) is 22.5 Å². The number of benzene rings is 1. The summed E-state index contributed by atoms with van der Waals surface area (Å²) < 4.78 is 5.31. The molecule has 1 nitrogen and oxygen atoms in total. The lowest BCUT2D eigenvalue weighted by Crippen LogP contribution is -2.05. The zero-order valence-electron chi connectivity index (χ0n) is 8.45. The van der Waals surface area contributed by atoms with Gasteiger partial charge in [0, 0.05) is 6.08 Å². The highest BCUT2D eigenvalue weighted by atomic mass is 16.4. The van der Waals surface area contributed by atoms with E-state index >= 15 is 0 Å². The fourth-order valence-corrected chi connectivity index (χ4v) is 1.72. The van der Waals surface area contributed by atoms with Crippen LogP contribution in [0, 0.1) is 0 Å². The van der Waals surface area contributed by atoms with E-state index in [2.05, 4.69) is 30.4 Å². The minimum Gasteiger partial charge on any atom is -0.257 e. The number of ketones is 1. The van der Waals surface area contributed by atoms with Gasteiger partial charge in [-0.3, -0.25) is 4.42 Å². The van der Waals surface area contributed by atoms with Gasteiger partial charge in [0.25, 0.3) is 7.11 Å². The molecular formula is C13H13O+. The Kier molecular flexibility index (Phi) is 2.32. The highest BCUT2D eigenvalue weighted by molar-refractivity contribution is 6.12. The summed E-state index contributed by atoms with van der Waals surface area (Å²) in [4.78, 5) is 0. The summed E-state index contributed by atoms with van der Waals surface area (Å²) in [7, 11) is 1.71. The molecule has 0 radical (unpaired) electrons. The van der Waals surface area contributed by atoms with Crippen molar-refractivity contribution in [1.29, 1.82) is 0 Å². The summed E-state index contributed by atoms with van der Waals surface area (Å²) >= 11 is 0. The van der Waals surface area contributed by atoms with Crippen molar-refractivity contribution in [3.8, 4) is 0 Å². The molecule has 14 heavy (non-hydrogen) atoms. The Balaban J connectivity index is 2.67. The van der Waals surface area contributed by atoms with Crippen LogP contribution in [-0.4, -0.2) is 12.9 Å². The molecule has 2 rings (SSSR count). The zero-order valence-corrected chi connectivity index (χ0v) is 8.45. The van der Waals surface area contributed by atoms with Crippen LogP contribution in [0.5, 0.6) is 0 Å². The molecule has 1 heteroatoms. The lowest BCUT2D eigenvalue weighted by molar-refractivity contribution is -0.222. The Hall–Kier alpha value is -1.63. The normalized spacial score (nSPS) is 20.1. The average molecular weight is 185 g/mol. The fourth-order valence-electron chi connectivity index (χ4n) is 1.72. The molecule has 0 N–H and O–H groups in total. The van der Waals surface area contributed by atoms with Crippen LogP contribution >= 0.6 is 0 Å². The first-order valence-corrected chi connectivity index (χ1v) is 4.72. The van der Waals surface area contributed by atoms with Crippen LogP contribution < -0.4 is 0 Å². The summed E-state index contributed by atoms with van der Waals surface area (Å²) in [5.41, 5.74) is 3.67. The molecule has 0 atom stereocenters. The molecule has 0 amide bonds. The van der Waals surface area contributed by atoms with Gasteiger partial charge in [0.1, 0.15) is 0 Å². The Morgan fingerprint density at radius 2 is 1.79 bits per heavy atom. The Labute approximate surface area is 84.1 Å². The van der Waals surface area contributed by atoms with Gasteiger partial charge in [0.15, 0.2) is 0 Å². The van der Waals surface area contributed by atoms with Crippen molar-refractivity contribution in [3.05, 3.63) is 53.6 Å². The van der Waals surface area contributed by atoms with Gasteiger partial charge in [0.2, 0.25) is 0 Å². The Morgan fingerprint density at radius 3 is 2.43 bits per heavy atom. The second-order valence-electron chi connectivity index (χ2n) is 3.19. The maximum Gasteiger partial charge on any atom is 0.350 e. The van der Waals surface area contributed by atoms with E-state index in [1.54, 1.807) is 7.11 Å². The van der Waals surface area contributed by atoms with Crippen LogP contribution in [0.3, 0.4) is 0 Å². The second-order valence-corrected chi connectivity index (χ2v) is 3.19. The van der Waals surface area contributed by atoms with E-state index in [9.17, 15) is 0 Å². The van der Waals surface area contributed by atoms with E-state index < -0.39 is 0 Å². The molecule has 1 aliphatic rings. The molecule has 1 aliphatic carbocycles. The van der Waals surface area contributed by atoms with E-state index in [-0.39, 0.29) is 0 Å². The molecule has 0 saturated heterocycles. The van der Waals surface area contributed by atoms with Crippen molar-refractivity contribution in [3.63, 3.8) is 0 Å². The minimum atomic E-state index is 0.936. The minimum absolute atomic E-state index is 0.936. The first-order chi connectivity index (χ1) is 6.86. The summed E-state index contributed by atoms with van der Waals surface area (Å²) in [6.07, 6.45) is 6.21. The number of carbonyl (C=O) groups excluding carboxylic acids is 1. The molecule has 0 bridgehead atoms. The molecule has 0 aromatic heterocycles. The molecule has 1 aromatic rings. The third-order valence-corrected chi connectivity index (χ3v) is 2.45. The highest BCUT2D eigenvalue weighted by Crippen LogP contribution is 2.25. The first-order valence-electron chi connectivity index (χ1n) is 4.72. The molecule has 0 aliphatic heterocycles. The molecule has 1 aromatic carbocycles. The van der Waals surface area contributed by atoms with Gasteiger partial charge in [-0.1, -0.05) is 24.3 Å². The number of rotatable bonds is 0. The van der Waals surface area contributed by atoms with Crippen molar-refractivity contribution in [2.75, 3.05) is 7.11 Å². The van der Waals surface area contributed by atoms with E-state index in [1.807, 2.05) is 19.1 Å². The van der Waals surface area contributed by atoms with Crippen molar-refractivity contribution >= 4 is 11.4 Å². The predicted octanol–water partition coefficient (Wildman–Crippen LogP) is 3.01. The second kappa shape index (κ2) is 3.62. The van der Waals surface area contributed by atoms with Gasteiger partial charge in [-0.2, -0.15) is 0 Å². The van der Waals surface area contributed by atoms with Crippen LogP contribution in [0.15, 0.2) is 42.5 Å². The quantitative estimate of drug-likeness (QED) is 0.550. The number of allylic oxidation sites excluding steroid dienone is 4. The molecular weight excluding hydrogens is 172 g/mol. The van der Waals surface area contributed by atoms with Crippen LogP contribution in [0.2, 0.25) is 0 Å². The SMILES string of the molecule is C/C=C1/C=CC(=[O+]C)c2ccccc21. The molecule has 0 fully saturated rings. The van der Waals surface area contributed by atoms with E-state index in [0.29, 0.717) is 0 Å². The summed E-state index contributed by atoms with van der Waals surface area (Å²) in [5.74, 6) is 0.936. The van der Waals surface area contributed by atoms with E-state index in [1.165, 1.54) is 16.7 Å². The lowest BCUT2D eigenvalue weighted by atomic mass is 9.92. The Morgan fingerprint density at radius 1 is 1.07 bits per heavy atom. The molecule has 0 unspecified atom stereocenters. The summed E-state index contributed by atoms with van der Waals surface area (Å²) in [6.45, 7) is 2.05. The maximum atomic E-state index is 5.31. The number of fused-ring (bicyclic) bond motifs is 1. The standard InChI is InChI=1S/C13H13O/c1-3-10-8-9-13(14-2)12-7-5-4-6-11(10)12/h3-9H,1-2H3/q+1/b10-3-. The fraction of sp³-hybridized carbons (Fsp3) is 0.154. The monoisotopic (exact) mass is 185 g/mol. The van der Waals surface area contributed by atoms with Crippen LogP contribution in [0.4, 0.5) is 0 Å². The van der Waals surface area contributed by atoms with Gasteiger partial charge in [0.05, 0.1) is 5.56 Å². The third-order valence-electron chi connectivity index (χ3n) is 2.45. The topological polar surface area (TPSA) is 11.3 Å². The summed E-state index contributed by atoms with van der Waals surface area (Å²) in [6, 6.07) is 8.29. The van der Waals surface area contributed by atoms with Crippen LogP contribution in [-0.2, 0) is 0 Å². The van der Waals surface area contributed by atoms with Crippen molar-refractivity contribution in [1.82, 2.24) is 0 Å². The molecule has 0 spiro atoms. The van der Waals surface area contributed by atoms with Crippen molar-refractivity contribution in [2.24, 2.45) is 0 Å². The van der Waals surface area contributed by atoms with Gasteiger partial charge in [-0.15, -0.1) is 0 Å². The molecule has 70 valence electrons. The lowest BCUT2D eigenvalue weighted by Gasteiger charge is -2.09. The smallest absolute Gasteiger partial charge is 0.257 e. The number of hydrogen-bond acceptors (Lipinski definition) is 0. The Bertz CT molecular complexity index is 395. The van der Waals surface area contributed by atoms with Crippen molar-refractivity contribution in [2.45, 2.75) is 6.92 Å². The highest BCUT2D eigenvalue weighted by Gasteiger charge is 2.20. The average Bonchev–Trinajstić information content (AvgIpc) is 2.27. The van der Waals surface area contributed by atoms with Gasteiger partial charge >= 0.3 is 5.78 Å². The zero-order chi connectivity index (χ0) is 9.97. The van der Waals surface area contributed by atoms with E-state index in [4.69, 9.17) is 4.42 Å². The van der Waals surface area contributed by atoms with Gasteiger partial charge in [-0.25, -0.2) is 0 Å². The predicted molar refractivity (Wildman–Crippen MR) is 59.5 cm³/mol. The van der Waals surface area contributed by atoms with Gasteiger partial charge < -0.3 is 0 Å². The summed E-state index contributed by atoms with van der Waals surface area (Å²) in [5, 5.41) is 0. The van der Waals surface area contributed by atoms with Crippen molar-refractivity contribution < 1.29 is 4.42 Å². The number of hydrogen-bond donors (Lipinski definition) is 0. The molecule has 0 heterocycles. The van der Waals surface area contributed by atoms with Gasteiger partial charge in [-0.05, 0) is 30.2 Å². The van der Waals surface area contributed by atoms with Crippen LogP contribution in [0.25, 0.3) is 5.57 Å². The molecule has 0 saturated carbocycles. The largest absolute Gasteiger partial charge is 0.350 e. The van der Waals surface area contributed by atoms with E-state index in [0.717, 1.165) is 5.78 Å². The first kappa shape index (κ1) is 8.95. The maximum absolute atomic E-state index is 5.31.